The molecule has 0 bridgehead atoms. The van der Waals surface area contributed by atoms with Gasteiger partial charge < -0.3 is 5.11 Å². The Morgan fingerprint density at radius 3 is 2.06 bits per heavy atom. The van der Waals surface area contributed by atoms with Crippen molar-refractivity contribution in [2.75, 3.05) is 0 Å². The summed E-state index contributed by atoms with van der Waals surface area (Å²) in [5.74, 6) is 0.810. The third-order valence-corrected chi connectivity index (χ3v) is 5.14. The molecule has 3 heteroatoms. The SMILES string of the molecule is CC(C)SC1(C(=O)O)CCC(C(C)C)CC1. The van der Waals surface area contributed by atoms with Crippen molar-refractivity contribution in [3.8, 4) is 0 Å². The van der Waals surface area contributed by atoms with Gasteiger partial charge in [-0.25, -0.2) is 0 Å². The zero-order chi connectivity index (χ0) is 12.3. The fraction of sp³-hybridized carbons (Fsp3) is 0.923. The lowest BCUT2D eigenvalue weighted by atomic mass is 9.76. The van der Waals surface area contributed by atoms with E-state index in [4.69, 9.17) is 0 Å². The summed E-state index contributed by atoms with van der Waals surface area (Å²) < 4.78 is -0.500. The van der Waals surface area contributed by atoms with Crippen LogP contribution in [0, 0.1) is 11.8 Å². The van der Waals surface area contributed by atoms with E-state index in [2.05, 4.69) is 27.7 Å². The van der Waals surface area contributed by atoms with Crippen LogP contribution in [0.15, 0.2) is 0 Å². The lowest BCUT2D eigenvalue weighted by Crippen LogP contribution is -2.41. The maximum absolute atomic E-state index is 11.5. The van der Waals surface area contributed by atoms with E-state index in [1.165, 1.54) is 0 Å². The number of hydrogen-bond donors (Lipinski definition) is 1. The van der Waals surface area contributed by atoms with Gasteiger partial charge in [0.1, 0.15) is 4.75 Å². The number of hydrogen-bond acceptors (Lipinski definition) is 2. The smallest absolute Gasteiger partial charge is 0.319 e. The van der Waals surface area contributed by atoms with E-state index in [1.807, 2.05) is 0 Å². The lowest BCUT2D eigenvalue weighted by molar-refractivity contribution is -0.141. The van der Waals surface area contributed by atoms with Crippen molar-refractivity contribution >= 4 is 17.7 Å². The second kappa shape index (κ2) is 5.44. The van der Waals surface area contributed by atoms with E-state index < -0.39 is 10.7 Å². The molecular weight excluding hydrogens is 220 g/mol. The zero-order valence-corrected chi connectivity index (χ0v) is 11.6. The second-order valence-corrected chi connectivity index (χ2v) is 7.51. The molecule has 94 valence electrons. The number of aliphatic carboxylic acids is 1. The molecule has 0 amide bonds. The van der Waals surface area contributed by atoms with Crippen LogP contribution in [0.5, 0.6) is 0 Å². The summed E-state index contributed by atoms with van der Waals surface area (Å²) >= 11 is 1.65. The standard InChI is InChI=1S/C13H24O2S/c1-9(2)11-5-7-13(8-6-11,12(14)15)16-10(3)4/h9-11H,5-8H2,1-4H3,(H,14,15). The van der Waals surface area contributed by atoms with Gasteiger partial charge in [0, 0.05) is 5.25 Å². The molecule has 0 aromatic rings. The Morgan fingerprint density at radius 1 is 1.25 bits per heavy atom. The molecule has 1 aliphatic rings. The number of carbonyl (C=O) groups is 1. The summed E-state index contributed by atoms with van der Waals surface area (Å²) in [6.45, 7) is 8.66. The molecule has 0 spiro atoms. The summed E-state index contributed by atoms with van der Waals surface area (Å²) in [7, 11) is 0. The third-order valence-electron chi connectivity index (χ3n) is 3.63. The summed E-state index contributed by atoms with van der Waals surface area (Å²) in [4.78, 5) is 11.5. The van der Waals surface area contributed by atoms with Crippen LogP contribution in [0.1, 0.15) is 53.4 Å². The van der Waals surface area contributed by atoms with Crippen molar-refractivity contribution < 1.29 is 9.90 Å². The molecule has 0 heterocycles. The van der Waals surface area contributed by atoms with E-state index in [0.717, 1.165) is 31.6 Å². The highest BCUT2D eigenvalue weighted by atomic mass is 32.2. The molecule has 0 atom stereocenters. The van der Waals surface area contributed by atoms with E-state index in [1.54, 1.807) is 11.8 Å². The van der Waals surface area contributed by atoms with Crippen molar-refractivity contribution in [3.05, 3.63) is 0 Å². The Morgan fingerprint density at radius 2 is 1.75 bits per heavy atom. The number of carboxylic acid groups (broad SMARTS) is 1. The van der Waals surface area contributed by atoms with Crippen molar-refractivity contribution in [1.29, 1.82) is 0 Å². The largest absolute Gasteiger partial charge is 0.480 e. The first-order valence-electron chi connectivity index (χ1n) is 6.28. The van der Waals surface area contributed by atoms with Crippen LogP contribution in [0.3, 0.4) is 0 Å². The highest BCUT2D eigenvalue weighted by Crippen LogP contribution is 2.45. The van der Waals surface area contributed by atoms with Crippen molar-refractivity contribution in [3.63, 3.8) is 0 Å². The molecule has 0 aromatic heterocycles. The van der Waals surface area contributed by atoms with Crippen molar-refractivity contribution in [1.82, 2.24) is 0 Å². The normalized spacial score (nSPS) is 31.0. The monoisotopic (exact) mass is 244 g/mol. The van der Waals surface area contributed by atoms with Crippen LogP contribution < -0.4 is 0 Å². The summed E-state index contributed by atoms with van der Waals surface area (Å²) in [5, 5.41) is 9.84. The molecule has 1 fully saturated rings. The van der Waals surface area contributed by atoms with Crippen LogP contribution in [0.25, 0.3) is 0 Å². The average Bonchev–Trinajstić information content (AvgIpc) is 2.17. The van der Waals surface area contributed by atoms with E-state index >= 15 is 0 Å². The maximum Gasteiger partial charge on any atom is 0.319 e. The molecule has 1 saturated carbocycles. The Balaban J connectivity index is 2.66. The van der Waals surface area contributed by atoms with Crippen LogP contribution in [-0.4, -0.2) is 21.1 Å². The average molecular weight is 244 g/mol. The summed E-state index contributed by atoms with van der Waals surface area (Å²) in [6, 6.07) is 0. The molecule has 0 aliphatic heterocycles. The van der Waals surface area contributed by atoms with Gasteiger partial charge in [-0.1, -0.05) is 27.7 Å². The third kappa shape index (κ3) is 3.16. The highest BCUT2D eigenvalue weighted by molar-refractivity contribution is 8.01. The molecule has 1 aliphatic carbocycles. The first-order chi connectivity index (χ1) is 7.37. The van der Waals surface area contributed by atoms with Gasteiger partial charge in [0.25, 0.3) is 0 Å². The zero-order valence-electron chi connectivity index (χ0n) is 10.8. The topological polar surface area (TPSA) is 37.3 Å². The van der Waals surface area contributed by atoms with Gasteiger partial charge in [0.2, 0.25) is 0 Å². The minimum atomic E-state index is -0.603. The fourth-order valence-corrected chi connectivity index (χ4v) is 4.08. The van der Waals surface area contributed by atoms with Crippen LogP contribution >= 0.6 is 11.8 Å². The minimum Gasteiger partial charge on any atom is -0.480 e. The number of rotatable bonds is 4. The van der Waals surface area contributed by atoms with Gasteiger partial charge in [-0.2, -0.15) is 0 Å². The van der Waals surface area contributed by atoms with Gasteiger partial charge in [-0.05, 0) is 37.5 Å². The molecule has 0 radical (unpaired) electrons. The molecule has 16 heavy (non-hydrogen) atoms. The highest BCUT2D eigenvalue weighted by Gasteiger charge is 2.43. The molecule has 2 nitrogen and oxygen atoms in total. The molecular formula is C13H24O2S. The Labute approximate surface area is 103 Å². The summed E-state index contributed by atoms with van der Waals surface area (Å²) in [6.07, 6.45) is 3.83. The molecule has 0 aromatic carbocycles. The second-order valence-electron chi connectivity index (χ2n) is 5.55. The van der Waals surface area contributed by atoms with E-state index in [9.17, 15) is 9.90 Å². The minimum absolute atomic E-state index is 0.395. The number of carboxylic acids is 1. The van der Waals surface area contributed by atoms with E-state index in [-0.39, 0.29) is 0 Å². The van der Waals surface area contributed by atoms with Gasteiger partial charge in [0.15, 0.2) is 0 Å². The predicted molar refractivity (Wildman–Crippen MR) is 69.9 cm³/mol. The molecule has 0 saturated heterocycles. The maximum atomic E-state index is 11.5. The Kier molecular flexibility index (Phi) is 4.72. The summed E-state index contributed by atoms with van der Waals surface area (Å²) in [5.41, 5.74) is 0. The van der Waals surface area contributed by atoms with Crippen LogP contribution in [-0.2, 0) is 4.79 Å². The van der Waals surface area contributed by atoms with Gasteiger partial charge in [0.05, 0.1) is 0 Å². The first-order valence-corrected chi connectivity index (χ1v) is 7.16. The van der Waals surface area contributed by atoms with Crippen molar-refractivity contribution in [2.45, 2.75) is 63.4 Å². The quantitative estimate of drug-likeness (QED) is 0.817. The first kappa shape index (κ1) is 13.9. The van der Waals surface area contributed by atoms with Gasteiger partial charge in [-0.15, -0.1) is 11.8 Å². The van der Waals surface area contributed by atoms with Crippen LogP contribution in [0.4, 0.5) is 0 Å². The fourth-order valence-electron chi connectivity index (χ4n) is 2.61. The Hall–Kier alpha value is -0.180. The lowest BCUT2D eigenvalue weighted by Gasteiger charge is -2.38. The van der Waals surface area contributed by atoms with Crippen LogP contribution in [0.2, 0.25) is 0 Å². The Bertz CT molecular complexity index is 240. The van der Waals surface area contributed by atoms with Crippen molar-refractivity contribution in [2.24, 2.45) is 11.8 Å². The molecule has 1 N–H and O–H groups in total. The predicted octanol–water partition coefficient (Wildman–Crippen LogP) is 3.80. The number of thioether (sulfide) groups is 1. The van der Waals surface area contributed by atoms with Gasteiger partial charge >= 0.3 is 5.97 Å². The van der Waals surface area contributed by atoms with Gasteiger partial charge in [-0.3, -0.25) is 4.79 Å². The molecule has 1 rings (SSSR count). The van der Waals surface area contributed by atoms with E-state index in [0.29, 0.717) is 11.2 Å². The molecule has 0 unspecified atom stereocenters.